The van der Waals surface area contributed by atoms with E-state index in [0.29, 0.717) is 30.8 Å². The number of hydrogen-bond acceptors (Lipinski definition) is 8. The molecule has 9 heteroatoms. The summed E-state index contributed by atoms with van der Waals surface area (Å²) in [6.45, 7) is 9.25. The number of rotatable bonds is 11. The molecule has 0 radical (unpaired) electrons. The van der Waals surface area contributed by atoms with Crippen molar-refractivity contribution in [2.75, 3.05) is 38.4 Å². The van der Waals surface area contributed by atoms with E-state index in [9.17, 15) is 9.59 Å². The molecule has 204 valence electrons. The second-order valence-electron chi connectivity index (χ2n) is 9.98. The van der Waals surface area contributed by atoms with Gasteiger partial charge in [-0.3, -0.25) is 4.79 Å². The zero-order valence-electron chi connectivity index (χ0n) is 22.6. The van der Waals surface area contributed by atoms with Gasteiger partial charge in [-0.05, 0) is 49.8 Å². The van der Waals surface area contributed by atoms with Gasteiger partial charge in [0.25, 0.3) is 0 Å². The van der Waals surface area contributed by atoms with Crippen LogP contribution in [0.3, 0.4) is 0 Å². The average molecular weight is 565 g/mol. The maximum Gasteiger partial charge on any atom is 0.335 e. The molecule has 37 heavy (non-hydrogen) atoms. The van der Waals surface area contributed by atoms with Crippen molar-refractivity contribution in [3.05, 3.63) is 53.3 Å². The molecular weight excluding hydrogens is 525 g/mol. The molecule has 2 fully saturated rings. The van der Waals surface area contributed by atoms with E-state index in [0.717, 1.165) is 24.3 Å². The monoisotopic (exact) mass is 564 g/mol. The first-order chi connectivity index (χ1) is 17.7. The van der Waals surface area contributed by atoms with Crippen molar-refractivity contribution in [2.24, 2.45) is 0 Å². The Bertz CT molecular complexity index is 966. The van der Waals surface area contributed by atoms with Gasteiger partial charge in [-0.2, -0.15) is 0 Å². The molecular formula is C28H40O6S2Si. The van der Waals surface area contributed by atoms with Crippen LogP contribution in [0.15, 0.2) is 53.3 Å². The van der Waals surface area contributed by atoms with Crippen LogP contribution in [-0.2, 0) is 28.5 Å². The van der Waals surface area contributed by atoms with E-state index >= 15 is 0 Å². The molecule has 1 atom stereocenters. The Morgan fingerprint density at radius 3 is 2.35 bits per heavy atom. The van der Waals surface area contributed by atoms with Crippen LogP contribution in [0.4, 0.5) is 0 Å². The van der Waals surface area contributed by atoms with Gasteiger partial charge in [0.2, 0.25) is 0 Å². The summed E-state index contributed by atoms with van der Waals surface area (Å²) in [4.78, 5) is 25.1. The third-order valence-corrected chi connectivity index (χ3v) is 13.0. The van der Waals surface area contributed by atoms with Gasteiger partial charge in [0.05, 0.1) is 36.6 Å². The van der Waals surface area contributed by atoms with E-state index in [-0.39, 0.29) is 24.6 Å². The van der Waals surface area contributed by atoms with E-state index < -0.39 is 18.3 Å². The molecule has 0 bridgehead atoms. The number of esters is 1. The van der Waals surface area contributed by atoms with Crippen LogP contribution in [-0.4, -0.2) is 74.7 Å². The zero-order valence-corrected chi connectivity index (χ0v) is 25.3. The highest BCUT2D eigenvalue weighted by atomic mass is 32.2. The highest BCUT2D eigenvalue weighted by Gasteiger charge is 2.45. The lowest BCUT2D eigenvalue weighted by molar-refractivity contribution is -0.184. The molecule has 0 N–H and O–H groups in total. The minimum atomic E-state index is -2.10. The first kappa shape index (κ1) is 30.2. The molecule has 1 aromatic carbocycles. The summed E-state index contributed by atoms with van der Waals surface area (Å²) in [6, 6.07) is 10.3. The Labute approximate surface area is 230 Å². The number of benzene rings is 1. The molecule has 0 saturated carbocycles. The summed E-state index contributed by atoms with van der Waals surface area (Å²) < 4.78 is 23.2. The lowest BCUT2D eigenvalue weighted by Gasteiger charge is -2.43. The van der Waals surface area contributed by atoms with E-state index in [4.69, 9.17) is 18.9 Å². The standard InChI is InChI=1S/C28H40O6S2Si/c1-21(22(2)29)17-25(28(35-15-10-16-36-28)18-26-32-13-9-14-33-26)34-19-23(27(30)31-3)20-37(4,5)24-11-7-6-8-12-24/h6-8,11-12,17,20,25-26H,9-10,13-16,18-19H2,1-5H3/b21-17+,23-20+. The van der Waals surface area contributed by atoms with Crippen LogP contribution in [0.2, 0.25) is 13.1 Å². The van der Waals surface area contributed by atoms with Crippen molar-refractivity contribution in [1.82, 2.24) is 0 Å². The highest BCUT2D eigenvalue weighted by molar-refractivity contribution is 8.18. The maximum atomic E-state index is 12.9. The Morgan fingerprint density at radius 1 is 1.11 bits per heavy atom. The first-order valence-electron chi connectivity index (χ1n) is 12.8. The predicted octanol–water partition coefficient (Wildman–Crippen LogP) is 4.88. The van der Waals surface area contributed by atoms with Crippen LogP contribution in [0.25, 0.3) is 0 Å². The van der Waals surface area contributed by atoms with Gasteiger partial charge in [0, 0.05) is 6.42 Å². The lowest BCUT2D eigenvalue weighted by atomic mass is 10.1. The molecule has 2 aliphatic rings. The molecule has 0 spiro atoms. The fourth-order valence-electron chi connectivity index (χ4n) is 4.38. The third-order valence-electron chi connectivity index (χ3n) is 6.64. The second-order valence-corrected chi connectivity index (χ2v) is 17.4. The van der Waals surface area contributed by atoms with Gasteiger partial charge in [0.15, 0.2) is 12.1 Å². The van der Waals surface area contributed by atoms with Gasteiger partial charge in [0.1, 0.15) is 14.2 Å². The number of ketones is 1. The molecule has 2 aliphatic heterocycles. The zero-order chi connectivity index (χ0) is 26.9. The maximum absolute atomic E-state index is 12.9. The van der Waals surface area contributed by atoms with Gasteiger partial charge in [-0.15, -0.1) is 23.5 Å². The number of hydrogen-bond donors (Lipinski definition) is 0. The number of carbonyl (C=O) groups excluding carboxylic acids is 2. The second kappa shape index (κ2) is 14.1. The minimum absolute atomic E-state index is 0.000998. The van der Waals surface area contributed by atoms with Crippen LogP contribution in [0.5, 0.6) is 0 Å². The summed E-state index contributed by atoms with van der Waals surface area (Å²) in [5, 5.41) is 1.22. The van der Waals surface area contributed by atoms with Gasteiger partial charge in [-0.25, -0.2) is 4.79 Å². The number of Topliss-reactive ketones (excluding diaryl/α,β-unsaturated/α-hetero) is 1. The van der Waals surface area contributed by atoms with Crippen molar-refractivity contribution in [3.8, 4) is 0 Å². The third kappa shape index (κ3) is 8.56. The molecule has 1 unspecified atom stereocenters. The molecule has 1 aromatic rings. The van der Waals surface area contributed by atoms with Crippen molar-refractivity contribution in [1.29, 1.82) is 0 Å². The molecule has 0 aliphatic carbocycles. The average Bonchev–Trinajstić information content (AvgIpc) is 2.91. The topological polar surface area (TPSA) is 71.1 Å². The number of allylic oxidation sites excluding steroid dienone is 1. The summed E-state index contributed by atoms with van der Waals surface area (Å²) in [5.41, 5.74) is 3.21. The van der Waals surface area contributed by atoms with Crippen molar-refractivity contribution in [3.63, 3.8) is 0 Å². The lowest BCUT2D eigenvalue weighted by Crippen LogP contribution is -2.45. The predicted molar refractivity (Wildman–Crippen MR) is 155 cm³/mol. The Balaban J connectivity index is 1.93. The fraction of sp³-hybridized carbons (Fsp3) is 0.571. The number of ether oxygens (including phenoxy) is 4. The summed E-state index contributed by atoms with van der Waals surface area (Å²) in [7, 11) is -0.700. The molecule has 2 saturated heterocycles. The Hall–Kier alpha value is -1.36. The van der Waals surface area contributed by atoms with E-state index in [1.807, 2.05) is 54.7 Å². The number of thioether (sulfide) groups is 2. The smallest absolute Gasteiger partial charge is 0.335 e. The number of methoxy groups -OCH3 is 1. The fourth-order valence-corrected chi connectivity index (χ4v) is 10.1. The quantitative estimate of drug-likeness (QED) is 0.214. The summed E-state index contributed by atoms with van der Waals surface area (Å²) in [6.07, 6.45) is 3.82. The first-order valence-corrected chi connectivity index (χ1v) is 17.9. The van der Waals surface area contributed by atoms with Gasteiger partial charge in [-0.1, -0.05) is 54.3 Å². The molecule has 6 nitrogen and oxygen atoms in total. The van der Waals surface area contributed by atoms with Crippen LogP contribution in [0.1, 0.15) is 33.1 Å². The summed E-state index contributed by atoms with van der Waals surface area (Å²) in [5.74, 6) is 1.58. The molecule has 3 rings (SSSR count). The summed E-state index contributed by atoms with van der Waals surface area (Å²) >= 11 is 3.67. The molecule has 2 heterocycles. The molecule has 0 aromatic heterocycles. The van der Waals surface area contributed by atoms with Crippen LogP contribution in [0, 0.1) is 0 Å². The Kier molecular flexibility index (Phi) is 11.5. The van der Waals surface area contributed by atoms with E-state index in [1.165, 1.54) is 12.3 Å². The Morgan fingerprint density at radius 2 is 1.76 bits per heavy atom. The van der Waals surface area contributed by atoms with Gasteiger partial charge < -0.3 is 18.9 Å². The van der Waals surface area contributed by atoms with Crippen molar-refractivity contribution in [2.45, 2.75) is 62.7 Å². The van der Waals surface area contributed by atoms with E-state index in [2.05, 4.69) is 30.9 Å². The highest BCUT2D eigenvalue weighted by Crippen LogP contribution is 2.50. The van der Waals surface area contributed by atoms with Crippen LogP contribution < -0.4 is 5.19 Å². The van der Waals surface area contributed by atoms with Crippen molar-refractivity contribution >= 4 is 48.5 Å². The van der Waals surface area contributed by atoms with Crippen molar-refractivity contribution < 1.29 is 28.5 Å². The minimum Gasteiger partial charge on any atom is -0.466 e. The largest absolute Gasteiger partial charge is 0.466 e. The molecule has 0 amide bonds. The SMILES string of the molecule is COC(=O)/C(=C/[Si](C)(C)c1ccccc1)COC(/C=C(\C)C(C)=O)C1(CC2OCCCO2)SCCCS1. The normalized spacial score (nSPS) is 20.4. The van der Waals surface area contributed by atoms with E-state index in [1.54, 1.807) is 6.92 Å². The van der Waals surface area contributed by atoms with Crippen LogP contribution >= 0.6 is 23.5 Å². The van der Waals surface area contributed by atoms with Gasteiger partial charge >= 0.3 is 5.97 Å². The number of carbonyl (C=O) groups is 2.